The normalized spacial score (nSPS) is 11.3. The molecule has 0 fully saturated rings. The first-order valence-corrected chi connectivity index (χ1v) is 9.67. The molecule has 0 saturated heterocycles. The molecule has 4 aromatic heterocycles. The molecule has 0 unspecified atom stereocenters. The minimum absolute atomic E-state index is 0.514. The van der Waals surface area contributed by atoms with Crippen LogP contribution in [0.25, 0.3) is 27.7 Å². The van der Waals surface area contributed by atoms with Gasteiger partial charge in [0.05, 0.1) is 10.6 Å². The number of nitrogens with zero attached hydrogens (tertiary/aromatic N) is 7. The van der Waals surface area contributed by atoms with Gasteiger partial charge in [-0.1, -0.05) is 36.4 Å². The molecule has 0 saturated carbocycles. The second kappa shape index (κ2) is 6.49. The molecule has 8 nitrogen and oxygen atoms in total. The average molecular weight is 392 g/mol. The van der Waals surface area contributed by atoms with E-state index in [2.05, 4.69) is 25.3 Å². The highest BCUT2D eigenvalue weighted by Crippen LogP contribution is 2.31. The van der Waals surface area contributed by atoms with E-state index in [0.29, 0.717) is 16.8 Å². The van der Waals surface area contributed by atoms with Crippen LogP contribution in [0.15, 0.2) is 70.4 Å². The smallest absolute Gasteiger partial charge is 0.253 e. The quantitative estimate of drug-likeness (QED) is 0.371. The predicted molar refractivity (Wildman–Crippen MR) is 104 cm³/mol. The zero-order valence-electron chi connectivity index (χ0n) is 13.8. The molecule has 0 aliphatic heterocycles. The van der Waals surface area contributed by atoms with Gasteiger partial charge >= 0.3 is 0 Å². The molecule has 5 rings (SSSR count). The van der Waals surface area contributed by atoms with Gasteiger partial charge in [-0.15, -0.1) is 21.5 Å². The number of thiophene rings is 1. The summed E-state index contributed by atoms with van der Waals surface area (Å²) in [5.41, 5.74) is 1.80. The highest BCUT2D eigenvalue weighted by molar-refractivity contribution is 7.99. The molecule has 0 aliphatic rings. The van der Waals surface area contributed by atoms with Gasteiger partial charge in [-0.25, -0.2) is 9.66 Å². The SMILES string of the molecule is Nn1c(Sc2cc(-c3ccccc3)nc3ncnn23)nnc1-c1cccs1. The lowest BCUT2D eigenvalue weighted by atomic mass is 10.1. The van der Waals surface area contributed by atoms with Gasteiger partial charge in [0.2, 0.25) is 5.16 Å². The van der Waals surface area contributed by atoms with Crippen molar-refractivity contribution >= 4 is 28.9 Å². The summed E-state index contributed by atoms with van der Waals surface area (Å²) >= 11 is 2.93. The van der Waals surface area contributed by atoms with E-state index in [0.717, 1.165) is 21.2 Å². The molecule has 27 heavy (non-hydrogen) atoms. The standard InChI is InChI=1S/C17H12N8S2/c18-24-15(13-7-4-8-26-13)22-23-17(24)27-14-9-12(11-5-2-1-3-6-11)21-16-19-10-20-25(14)16/h1-10H,18H2. The number of fused-ring (bicyclic) bond motifs is 1. The van der Waals surface area contributed by atoms with Gasteiger partial charge in [-0.3, -0.25) is 0 Å². The molecular formula is C17H12N8S2. The van der Waals surface area contributed by atoms with Crippen molar-refractivity contribution in [2.45, 2.75) is 10.2 Å². The summed E-state index contributed by atoms with van der Waals surface area (Å²) in [6.07, 6.45) is 1.48. The van der Waals surface area contributed by atoms with Crippen LogP contribution < -0.4 is 5.84 Å². The van der Waals surface area contributed by atoms with Crippen molar-refractivity contribution in [2.75, 3.05) is 5.84 Å². The van der Waals surface area contributed by atoms with E-state index in [-0.39, 0.29) is 0 Å². The molecule has 132 valence electrons. The molecule has 5 aromatic rings. The molecule has 0 bridgehead atoms. The fraction of sp³-hybridized carbons (Fsp3) is 0. The molecule has 2 N–H and O–H groups in total. The summed E-state index contributed by atoms with van der Waals surface area (Å²) in [7, 11) is 0. The number of aromatic nitrogens is 7. The first-order valence-electron chi connectivity index (χ1n) is 7.98. The highest BCUT2D eigenvalue weighted by atomic mass is 32.2. The van der Waals surface area contributed by atoms with Gasteiger partial charge in [0.1, 0.15) is 11.4 Å². The molecule has 0 atom stereocenters. The zero-order chi connectivity index (χ0) is 18.2. The van der Waals surface area contributed by atoms with Crippen LogP contribution >= 0.6 is 23.1 Å². The van der Waals surface area contributed by atoms with Crippen molar-refractivity contribution in [3.05, 3.63) is 60.2 Å². The van der Waals surface area contributed by atoms with Crippen LogP contribution in [-0.2, 0) is 0 Å². The van der Waals surface area contributed by atoms with Crippen molar-refractivity contribution < 1.29 is 0 Å². The molecule has 4 heterocycles. The van der Waals surface area contributed by atoms with Gasteiger partial charge < -0.3 is 5.84 Å². The molecule has 1 aromatic carbocycles. The van der Waals surface area contributed by atoms with Crippen molar-refractivity contribution in [3.8, 4) is 22.0 Å². The van der Waals surface area contributed by atoms with Gasteiger partial charge in [-0.05, 0) is 29.3 Å². The largest absolute Gasteiger partial charge is 0.335 e. The van der Waals surface area contributed by atoms with Crippen LogP contribution in [0.4, 0.5) is 0 Å². The van der Waals surface area contributed by atoms with Crippen LogP contribution in [0.1, 0.15) is 0 Å². The number of nitrogens with two attached hydrogens (primary N) is 1. The van der Waals surface area contributed by atoms with Crippen molar-refractivity contribution in [2.24, 2.45) is 0 Å². The first kappa shape index (κ1) is 16.0. The van der Waals surface area contributed by atoms with E-state index in [1.807, 2.05) is 53.9 Å². The van der Waals surface area contributed by atoms with Gasteiger partial charge in [-0.2, -0.15) is 14.6 Å². The number of rotatable bonds is 4. The van der Waals surface area contributed by atoms with E-state index in [9.17, 15) is 0 Å². The maximum absolute atomic E-state index is 6.23. The third-order valence-corrected chi connectivity index (χ3v) is 5.72. The Hall–Kier alpha value is -3.24. The van der Waals surface area contributed by atoms with Crippen LogP contribution in [0.3, 0.4) is 0 Å². The Morgan fingerprint density at radius 2 is 1.93 bits per heavy atom. The summed E-state index contributed by atoms with van der Waals surface area (Å²) in [6, 6.07) is 15.8. The summed E-state index contributed by atoms with van der Waals surface area (Å²) in [4.78, 5) is 9.77. The molecule has 0 radical (unpaired) electrons. The number of hydrogen-bond acceptors (Lipinski definition) is 8. The monoisotopic (exact) mass is 392 g/mol. The van der Waals surface area contributed by atoms with Crippen LogP contribution in [0.2, 0.25) is 0 Å². The topological polar surface area (TPSA) is 99.8 Å². The van der Waals surface area contributed by atoms with E-state index in [1.54, 1.807) is 15.9 Å². The number of hydrogen-bond donors (Lipinski definition) is 1. The summed E-state index contributed by atoms with van der Waals surface area (Å²) in [6.45, 7) is 0. The van der Waals surface area contributed by atoms with Crippen LogP contribution in [0, 0.1) is 0 Å². The zero-order valence-corrected chi connectivity index (χ0v) is 15.4. The second-order valence-corrected chi connectivity index (χ2v) is 7.51. The Labute approximate surface area is 161 Å². The van der Waals surface area contributed by atoms with Crippen molar-refractivity contribution in [1.82, 2.24) is 34.5 Å². The van der Waals surface area contributed by atoms with Gasteiger partial charge in [0.25, 0.3) is 5.78 Å². The van der Waals surface area contributed by atoms with Crippen molar-refractivity contribution in [1.29, 1.82) is 0 Å². The van der Waals surface area contributed by atoms with E-state index < -0.39 is 0 Å². The Kier molecular flexibility index (Phi) is 3.84. The minimum atomic E-state index is 0.514. The van der Waals surface area contributed by atoms with Crippen molar-refractivity contribution in [3.63, 3.8) is 0 Å². The molecule has 0 amide bonds. The first-order chi connectivity index (χ1) is 13.3. The number of nitrogen functional groups attached to an aromatic ring is 1. The summed E-state index contributed by atoms with van der Waals surface area (Å²) < 4.78 is 3.15. The fourth-order valence-electron chi connectivity index (χ4n) is 2.63. The second-order valence-electron chi connectivity index (χ2n) is 5.57. The maximum atomic E-state index is 6.23. The van der Waals surface area contributed by atoms with Crippen LogP contribution in [-0.4, -0.2) is 34.5 Å². The van der Waals surface area contributed by atoms with E-state index in [4.69, 9.17) is 5.84 Å². The minimum Gasteiger partial charge on any atom is -0.335 e. The molecule has 0 spiro atoms. The third-order valence-electron chi connectivity index (χ3n) is 3.89. The Morgan fingerprint density at radius 3 is 2.74 bits per heavy atom. The summed E-state index contributed by atoms with van der Waals surface area (Å²) in [5, 5.41) is 16.0. The Bertz CT molecular complexity index is 1210. The predicted octanol–water partition coefficient (Wildman–Crippen LogP) is 2.98. The van der Waals surface area contributed by atoms with Crippen LogP contribution in [0.5, 0.6) is 0 Å². The molecule has 10 heteroatoms. The molecule has 0 aliphatic carbocycles. The molecular weight excluding hydrogens is 380 g/mol. The fourth-order valence-corrected chi connectivity index (χ4v) is 4.17. The van der Waals surface area contributed by atoms with E-state index >= 15 is 0 Å². The average Bonchev–Trinajstić information content (AvgIpc) is 3.44. The highest BCUT2D eigenvalue weighted by Gasteiger charge is 2.17. The summed E-state index contributed by atoms with van der Waals surface area (Å²) in [5.74, 6) is 7.37. The van der Waals surface area contributed by atoms with E-state index in [1.165, 1.54) is 22.8 Å². The number of benzene rings is 1. The Balaban J connectivity index is 1.58. The third kappa shape index (κ3) is 2.84. The van der Waals surface area contributed by atoms with Gasteiger partial charge in [0, 0.05) is 5.56 Å². The lowest BCUT2D eigenvalue weighted by Gasteiger charge is -2.07. The lowest BCUT2D eigenvalue weighted by molar-refractivity contribution is 0.819. The Morgan fingerprint density at radius 1 is 1.04 bits per heavy atom. The maximum Gasteiger partial charge on any atom is 0.253 e. The lowest BCUT2D eigenvalue weighted by Crippen LogP contribution is -2.11. The van der Waals surface area contributed by atoms with Gasteiger partial charge in [0.15, 0.2) is 5.82 Å².